The SMILES string of the molecule is Cc1nn(CC(=O)N[C@@H](C)[C@H]2C[C@@H]3CC[C@@H]2C3)cc1[N+](=O)[O-]. The topological polar surface area (TPSA) is 90.1 Å². The van der Waals surface area contributed by atoms with Crippen molar-refractivity contribution in [3.05, 3.63) is 22.0 Å². The molecule has 7 nitrogen and oxygen atoms in total. The smallest absolute Gasteiger partial charge is 0.309 e. The van der Waals surface area contributed by atoms with E-state index in [-0.39, 0.29) is 24.2 Å². The van der Waals surface area contributed by atoms with Crippen LogP contribution in [0, 0.1) is 34.8 Å². The number of fused-ring (bicyclic) bond motifs is 2. The molecule has 0 saturated heterocycles. The fraction of sp³-hybridized carbons (Fsp3) is 0.733. The van der Waals surface area contributed by atoms with Crippen LogP contribution in [0.5, 0.6) is 0 Å². The molecule has 1 N–H and O–H groups in total. The van der Waals surface area contributed by atoms with Gasteiger partial charge < -0.3 is 5.32 Å². The molecule has 3 rings (SSSR count). The monoisotopic (exact) mass is 306 g/mol. The minimum Gasteiger partial charge on any atom is -0.352 e. The zero-order valence-corrected chi connectivity index (χ0v) is 13.0. The van der Waals surface area contributed by atoms with Crippen molar-refractivity contribution in [2.24, 2.45) is 17.8 Å². The first-order chi connectivity index (χ1) is 10.4. The van der Waals surface area contributed by atoms with E-state index in [1.165, 1.54) is 36.6 Å². The number of carbonyl (C=O) groups is 1. The fourth-order valence-electron chi connectivity index (χ4n) is 4.23. The Hall–Kier alpha value is -1.92. The minimum absolute atomic E-state index is 0.0276. The Balaban J connectivity index is 1.56. The van der Waals surface area contributed by atoms with Crippen LogP contribution in [0.15, 0.2) is 6.20 Å². The third kappa shape index (κ3) is 2.84. The summed E-state index contributed by atoms with van der Waals surface area (Å²) in [5, 5.41) is 17.9. The Bertz CT molecular complexity index is 598. The van der Waals surface area contributed by atoms with Crippen LogP contribution >= 0.6 is 0 Å². The molecular formula is C15H22N4O3. The summed E-state index contributed by atoms with van der Waals surface area (Å²) in [7, 11) is 0. The number of hydrogen-bond donors (Lipinski definition) is 1. The van der Waals surface area contributed by atoms with Gasteiger partial charge >= 0.3 is 5.69 Å². The summed E-state index contributed by atoms with van der Waals surface area (Å²) in [6.07, 6.45) is 6.49. The van der Waals surface area contributed by atoms with Gasteiger partial charge in [-0.3, -0.25) is 19.6 Å². The maximum atomic E-state index is 12.1. The van der Waals surface area contributed by atoms with Crippen molar-refractivity contribution >= 4 is 11.6 Å². The number of aromatic nitrogens is 2. The van der Waals surface area contributed by atoms with Gasteiger partial charge in [0.15, 0.2) is 0 Å². The molecule has 2 aliphatic carbocycles. The molecule has 1 amide bonds. The first-order valence-electron chi connectivity index (χ1n) is 7.92. The lowest BCUT2D eigenvalue weighted by atomic mass is 9.84. The Morgan fingerprint density at radius 3 is 2.86 bits per heavy atom. The molecule has 4 atom stereocenters. The molecule has 7 heteroatoms. The van der Waals surface area contributed by atoms with Gasteiger partial charge in [0.25, 0.3) is 0 Å². The van der Waals surface area contributed by atoms with Crippen molar-refractivity contribution in [3.63, 3.8) is 0 Å². The van der Waals surface area contributed by atoms with E-state index in [9.17, 15) is 14.9 Å². The molecule has 1 aromatic rings. The molecule has 2 saturated carbocycles. The molecular weight excluding hydrogens is 284 g/mol. The summed E-state index contributed by atoms with van der Waals surface area (Å²) in [4.78, 5) is 22.5. The van der Waals surface area contributed by atoms with Crippen LogP contribution in [0.4, 0.5) is 5.69 Å². The predicted octanol–water partition coefficient (Wildman–Crippen LogP) is 2.04. The molecule has 0 spiro atoms. The molecule has 1 aromatic heterocycles. The molecule has 120 valence electrons. The Morgan fingerprint density at radius 2 is 2.32 bits per heavy atom. The van der Waals surface area contributed by atoms with Crippen molar-refractivity contribution < 1.29 is 9.72 Å². The van der Waals surface area contributed by atoms with E-state index in [1.807, 2.05) is 0 Å². The van der Waals surface area contributed by atoms with Gasteiger partial charge in [-0.2, -0.15) is 5.10 Å². The first-order valence-corrected chi connectivity index (χ1v) is 7.92. The van der Waals surface area contributed by atoms with E-state index in [0.717, 1.165) is 11.8 Å². The van der Waals surface area contributed by atoms with Crippen molar-refractivity contribution in [1.82, 2.24) is 15.1 Å². The van der Waals surface area contributed by atoms with Gasteiger partial charge in [-0.05, 0) is 50.9 Å². The maximum Gasteiger partial charge on any atom is 0.309 e. The largest absolute Gasteiger partial charge is 0.352 e. The summed E-state index contributed by atoms with van der Waals surface area (Å²) in [6, 6.07) is 0.162. The Kier molecular flexibility index (Phi) is 3.88. The number of nitrogens with one attached hydrogen (secondary N) is 1. The fourth-order valence-corrected chi connectivity index (χ4v) is 4.23. The van der Waals surface area contributed by atoms with Gasteiger partial charge in [-0.25, -0.2) is 0 Å². The van der Waals surface area contributed by atoms with E-state index in [0.29, 0.717) is 11.6 Å². The van der Waals surface area contributed by atoms with Crippen LogP contribution < -0.4 is 5.32 Å². The third-order valence-corrected chi connectivity index (χ3v) is 5.25. The van der Waals surface area contributed by atoms with Gasteiger partial charge in [0.05, 0.1) is 4.92 Å². The maximum absolute atomic E-state index is 12.1. The summed E-state index contributed by atoms with van der Waals surface area (Å²) in [6.45, 7) is 3.67. The number of carbonyl (C=O) groups excluding carboxylic acids is 1. The van der Waals surface area contributed by atoms with Crippen LogP contribution in [0.2, 0.25) is 0 Å². The lowest BCUT2D eigenvalue weighted by Crippen LogP contribution is -2.41. The van der Waals surface area contributed by atoms with E-state index in [4.69, 9.17) is 0 Å². The molecule has 22 heavy (non-hydrogen) atoms. The van der Waals surface area contributed by atoms with Crippen LogP contribution in [-0.4, -0.2) is 26.7 Å². The normalized spacial score (nSPS) is 27.8. The zero-order valence-electron chi connectivity index (χ0n) is 13.0. The van der Waals surface area contributed by atoms with E-state index >= 15 is 0 Å². The van der Waals surface area contributed by atoms with Crippen LogP contribution in [0.25, 0.3) is 0 Å². The lowest BCUT2D eigenvalue weighted by Gasteiger charge is -2.28. The number of hydrogen-bond acceptors (Lipinski definition) is 4. The standard InChI is InChI=1S/C15H22N4O3/c1-9(13-6-11-3-4-12(13)5-11)16-15(20)8-18-7-14(19(21)22)10(2)17-18/h7,9,11-13H,3-6,8H2,1-2H3,(H,16,20)/t9-,11+,12+,13+/m0/s1. The van der Waals surface area contributed by atoms with Gasteiger partial charge in [0.2, 0.25) is 5.91 Å². The minimum atomic E-state index is -0.478. The number of amides is 1. The summed E-state index contributed by atoms with van der Waals surface area (Å²) in [5.41, 5.74) is 0.285. The highest BCUT2D eigenvalue weighted by Gasteiger charge is 2.42. The van der Waals surface area contributed by atoms with Crippen molar-refractivity contribution in [3.8, 4) is 0 Å². The van der Waals surface area contributed by atoms with Crippen LogP contribution in [0.1, 0.15) is 38.3 Å². The molecule has 0 unspecified atom stereocenters. The highest BCUT2D eigenvalue weighted by molar-refractivity contribution is 5.76. The molecule has 0 aromatic carbocycles. The number of rotatable bonds is 5. The van der Waals surface area contributed by atoms with Crippen LogP contribution in [0.3, 0.4) is 0 Å². The number of nitro groups is 1. The van der Waals surface area contributed by atoms with E-state index in [1.54, 1.807) is 6.92 Å². The molecule has 0 radical (unpaired) electrons. The van der Waals surface area contributed by atoms with Gasteiger partial charge in [-0.15, -0.1) is 0 Å². The van der Waals surface area contributed by atoms with Crippen molar-refractivity contribution in [2.75, 3.05) is 0 Å². The summed E-state index contributed by atoms with van der Waals surface area (Å²) < 4.78 is 1.34. The van der Waals surface area contributed by atoms with Crippen LogP contribution in [-0.2, 0) is 11.3 Å². The summed E-state index contributed by atoms with van der Waals surface area (Å²) >= 11 is 0. The van der Waals surface area contributed by atoms with Crippen molar-refractivity contribution in [2.45, 2.75) is 52.1 Å². The number of aryl methyl sites for hydroxylation is 1. The number of nitrogens with zero attached hydrogens (tertiary/aromatic N) is 3. The molecule has 2 aliphatic rings. The third-order valence-electron chi connectivity index (χ3n) is 5.25. The molecule has 2 fully saturated rings. The first kappa shape index (κ1) is 15.0. The quantitative estimate of drug-likeness (QED) is 0.666. The second kappa shape index (κ2) is 5.70. The Morgan fingerprint density at radius 1 is 1.55 bits per heavy atom. The second-order valence-corrected chi connectivity index (χ2v) is 6.75. The van der Waals surface area contributed by atoms with E-state index in [2.05, 4.69) is 17.3 Å². The highest BCUT2D eigenvalue weighted by Crippen LogP contribution is 2.49. The zero-order chi connectivity index (χ0) is 15.9. The van der Waals surface area contributed by atoms with Gasteiger partial charge in [0, 0.05) is 6.04 Å². The lowest BCUT2D eigenvalue weighted by molar-refractivity contribution is -0.385. The Labute approximate surface area is 129 Å². The second-order valence-electron chi connectivity index (χ2n) is 6.75. The average Bonchev–Trinajstić information content (AvgIpc) is 3.13. The predicted molar refractivity (Wildman–Crippen MR) is 80.2 cm³/mol. The van der Waals surface area contributed by atoms with E-state index < -0.39 is 4.92 Å². The molecule has 2 bridgehead atoms. The van der Waals surface area contributed by atoms with Crippen molar-refractivity contribution in [1.29, 1.82) is 0 Å². The highest BCUT2D eigenvalue weighted by atomic mass is 16.6. The van der Waals surface area contributed by atoms with Gasteiger partial charge in [0.1, 0.15) is 18.4 Å². The molecule has 1 heterocycles. The summed E-state index contributed by atoms with van der Waals surface area (Å²) in [5.74, 6) is 2.06. The van der Waals surface area contributed by atoms with Gasteiger partial charge in [-0.1, -0.05) is 6.42 Å². The molecule has 0 aliphatic heterocycles. The average molecular weight is 306 g/mol.